The van der Waals surface area contributed by atoms with Crippen LogP contribution in [0.3, 0.4) is 0 Å². The van der Waals surface area contributed by atoms with Crippen molar-refractivity contribution in [3.63, 3.8) is 0 Å². The zero-order valence-corrected chi connectivity index (χ0v) is 12.2. The second-order valence-electron chi connectivity index (χ2n) is 4.93. The average molecular weight is 289 g/mol. The molecule has 106 valence electrons. The molecule has 0 aliphatic carbocycles. The summed E-state index contributed by atoms with van der Waals surface area (Å²) in [7, 11) is 0. The van der Waals surface area contributed by atoms with E-state index in [4.69, 9.17) is 4.74 Å². The fourth-order valence-electron chi connectivity index (χ4n) is 2.32. The van der Waals surface area contributed by atoms with Gasteiger partial charge in [-0.1, -0.05) is 6.07 Å². The van der Waals surface area contributed by atoms with Crippen LogP contribution in [0.5, 0.6) is 0 Å². The van der Waals surface area contributed by atoms with E-state index in [1.54, 1.807) is 17.5 Å². The molecule has 0 amide bonds. The topological polar surface area (TPSA) is 47.0 Å². The van der Waals surface area contributed by atoms with Crippen LogP contribution in [0.2, 0.25) is 0 Å². The van der Waals surface area contributed by atoms with Gasteiger partial charge in [0.15, 0.2) is 0 Å². The molecule has 1 N–H and O–H groups in total. The summed E-state index contributed by atoms with van der Waals surface area (Å²) in [6, 6.07) is 5.91. The molecule has 0 aromatic carbocycles. The Morgan fingerprint density at radius 1 is 1.35 bits per heavy atom. The number of nitrogens with zero attached hydrogens (tertiary/aromatic N) is 2. The number of aromatic nitrogens is 2. The highest BCUT2D eigenvalue weighted by Crippen LogP contribution is 2.19. The lowest BCUT2D eigenvalue weighted by Crippen LogP contribution is -2.27. The van der Waals surface area contributed by atoms with Crippen LogP contribution >= 0.6 is 11.3 Å². The first-order chi connectivity index (χ1) is 9.92. The van der Waals surface area contributed by atoms with E-state index in [0.717, 1.165) is 42.5 Å². The van der Waals surface area contributed by atoms with Crippen molar-refractivity contribution in [2.24, 2.45) is 0 Å². The highest BCUT2D eigenvalue weighted by atomic mass is 32.1. The van der Waals surface area contributed by atoms with Gasteiger partial charge >= 0.3 is 0 Å². The van der Waals surface area contributed by atoms with E-state index in [1.807, 2.05) is 18.2 Å². The van der Waals surface area contributed by atoms with Gasteiger partial charge in [-0.2, -0.15) is 0 Å². The highest BCUT2D eigenvalue weighted by molar-refractivity contribution is 7.09. The van der Waals surface area contributed by atoms with Crippen molar-refractivity contribution >= 4 is 11.3 Å². The van der Waals surface area contributed by atoms with E-state index in [1.165, 1.54) is 12.8 Å². The van der Waals surface area contributed by atoms with Crippen molar-refractivity contribution in [3.05, 3.63) is 34.8 Å². The average Bonchev–Trinajstić information content (AvgIpc) is 3.16. The smallest absolute Gasteiger partial charge is 0.0998 e. The third-order valence-corrected chi connectivity index (χ3v) is 4.30. The minimum atomic E-state index is 0.412. The number of rotatable bonds is 6. The second-order valence-corrected chi connectivity index (χ2v) is 5.87. The molecular formula is C15H19N3OS. The van der Waals surface area contributed by atoms with Gasteiger partial charge in [0.05, 0.1) is 22.5 Å². The van der Waals surface area contributed by atoms with Crippen LogP contribution in [-0.2, 0) is 11.2 Å². The van der Waals surface area contributed by atoms with Crippen LogP contribution in [0.4, 0.5) is 0 Å². The molecular weight excluding hydrogens is 270 g/mol. The quantitative estimate of drug-likeness (QED) is 0.830. The zero-order valence-electron chi connectivity index (χ0n) is 11.4. The van der Waals surface area contributed by atoms with Gasteiger partial charge in [-0.3, -0.25) is 4.98 Å². The Hall–Kier alpha value is -1.30. The molecule has 20 heavy (non-hydrogen) atoms. The number of ether oxygens (including phenoxy) is 1. The van der Waals surface area contributed by atoms with Crippen molar-refractivity contribution in [3.8, 4) is 11.4 Å². The molecule has 1 fully saturated rings. The lowest BCUT2D eigenvalue weighted by molar-refractivity contribution is 0.110. The molecule has 3 rings (SSSR count). The maximum absolute atomic E-state index is 5.58. The van der Waals surface area contributed by atoms with Crippen molar-refractivity contribution in [2.45, 2.75) is 25.4 Å². The number of nitrogens with one attached hydrogen (secondary N) is 1. The molecule has 2 aromatic heterocycles. The van der Waals surface area contributed by atoms with Gasteiger partial charge in [0, 0.05) is 37.7 Å². The Labute approximate surface area is 123 Å². The van der Waals surface area contributed by atoms with E-state index in [0.29, 0.717) is 6.10 Å². The van der Waals surface area contributed by atoms with Crippen molar-refractivity contribution < 1.29 is 4.74 Å². The fraction of sp³-hybridized carbons (Fsp3) is 0.467. The van der Waals surface area contributed by atoms with Gasteiger partial charge in [-0.05, 0) is 25.0 Å². The zero-order chi connectivity index (χ0) is 13.6. The van der Waals surface area contributed by atoms with Crippen LogP contribution < -0.4 is 5.32 Å². The Morgan fingerprint density at radius 2 is 2.35 bits per heavy atom. The molecule has 0 radical (unpaired) electrons. The summed E-state index contributed by atoms with van der Waals surface area (Å²) in [5.41, 5.74) is 1.92. The summed E-state index contributed by atoms with van der Waals surface area (Å²) < 4.78 is 5.58. The van der Waals surface area contributed by atoms with Crippen molar-refractivity contribution in [2.75, 3.05) is 19.7 Å². The third-order valence-electron chi connectivity index (χ3n) is 3.39. The van der Waals surface area contributed by atoms with Crippen molar-refractivity contribution in [1.29, 1.82) is 0 Å². The first-order valence-corrected chi connectivity index (χ1v) is 7.98. The standard InChI is InChI=1S/C15H19N3OS/c1-2-7-17-13(5-1)14-11-20-15(18-14)6-8-16-10-12-4-3-9-19-12/h1-2,5,7,11-12,16H,3-4,6,8-10H2. The first kappa shape index (κ1) is 13.7. The Bertz CT molecular complexity index is 523. The molecule has 1 atom stereocenters. The monoisotopic (exact) mass is 289 g/mol. The maximum Gasteiger partial charge on any atom is 0.0998 e. The summed E-state index contributed by atoms with van der Waals surface area (Å²) in [5, 5.41) is 6.69. The summed E-state index contributed by atoms with van der Waals surface area (Å²) in [5.74, 6) is 0. The summed E-state index contributed by atoms with van der Waals surface area (Å²) in [6.45, 7) is 2.83. The van der Waals surface area contributed by atoms with Gasteiger partial charge in [0.25, 0.3) is 0 Å². The Kier molecular flexibility index (Phi) is 4.73. The largest absolute Gasteiger partial charge is 0.377 e. The van der Waals surface area contributed by atoms with Crippen LogP contribution in [0.25, 0.3) is 11.4 Å². The number of pyridine rings is 1. The maximum atomic E-state index is 5.58. The van der Waals surface area contributed by atoms with Crippen molar-refractivity contribution in [1.82, 2.24) is 15.3 Å². The minimum Gasteiger partial charge on any atom is -0.377 e. The number of thiazole rings is 1. The summed E-state index contributed by atoms with van der Waals surface area (Å²) in [4.78, 5) is 8.96. The van der Waals surface area contributed by atoms with Gasteiger partial charge in [-0.15, -0.1) is 11.3 Å². The molecule has 5 heteroatoms. The normalized spacial score (nSPS) is 18.5. The lowest BCUT2D eigenvalue weighted by Gasteiger charge is -2.09. The Balaban J connectivity index is 1.45. The minimum absolute atomic E-state index is 0.412. The van der Waals surface area contributed by atoms with E-state index >= 15 is 0 Å². The molecule has 1 unspecified atom stereocenters. The molecule has 0 bridgehead atoms. The molecule has 0 spiro atoms. The molecule has 0 saturated carbocycles. The summed E-state index contributed by atoms with van der Waals surface area (Å²) >= 11 is 1.70. The van der Waals surface area contributed by atoms with E-state index in [9.17, 15) is 0 Å². The van der Waals surface area contributed by atoms with Crippen LogP contribution in [0.15, 0.2) is 29.8 Å². The molecule has 4 nitrogen and oxygen atoms in total. The number of hydrogen-bond acceptors (Lipinski definition) is 5. The lowest BCUT2D eigenvalue weighted by atomic mass is 10.2. The molecule has 1 aliphatic heterocycles. The Morgan fingerprint density at radius 3 is 3.15 bits per heavy atom. The van der Waals surface area contributed by atoms with Crippen LogP contribution in [0, 0.1) is 0 Å². The fourth-order valence-corrected chi connectivity index (χ4v) is 3.11. The van der Waals surface area contributed by atoms with E-state index in [-0.39, 0.29) is 0 Å². The SMILES string of the molecule is c1ccc(-c2csc(CCNCC3CCCO3)n2)nc1. The van der Waals surface area contributed by atoms with E-state index in [2.05, 4.69) is 20.7 Å². The third kappa shape index (κ3) is 3.62. The van der Waals surface area contributed by atoms with E-state index < -0.39 is 0 Å². The van der Waals surface area contributed by atoms with Gasteiger partial charge in [0.2, 0.25) is 0 Å². The summed E-state index contributed by atoms with van der Waals surface area (Å²) in [6.07, 6.45) is 5.57. The predicted molar refractivity (Wildman–Crippen MR) is 80.9 cm³/mol. The van der Waals surface area contributed by atoms with Crippen LogP contribution in [-0.4, -0.2) is 35.8 Å². The van der Waals surface area contributed by atoms with Gasteiger partial charge in [0.1, 0.15) is 0 Å². The molecule has 3 heterocycles. The predicted octanol–water partition coefficient (Wildman–Crippen LogP) is 2.52. The molecule has 2 aromatic rings. The highest BCUT2D eigenvalue weighted by Gasteiger charge is 2.14. The first-order valence-electron chi connectivity index (χ1n) is 7.10. The van der Waals surface area contributed by atoms with Gasteiger partial charge in [-0.25, -0.2) is 4.98 Å². The molecule has 1 saturated heterocycles. The van der Waals surface area contributed by atoms with Crippen LogP contribution in [0.1, 0.15) is 17.8 Å². The number of hydrogen-bond donors (Lipinski definition) is 1. The molecule has 1 aliphatic rings. The van der Waals surface area contributed by atoms with Gasteiger partial charge < -0.3 is 10.1 Å². The second kappa shape index (κ2) is 6.92.